The molecule has 0 saturated heterocycles. The van der Waals surface area contributed by atoms with E-state index in [2.05, 4.69) is 12.2 Å². The summed E-state index contributed by atoms with van der Waals surface area (Å²) in [5.74, 6) is 2.06. The third kappa shape index (κ3) is 3.83. The van der Waals surface area contributed by atoms with E-state index in [0.29, 0.717) is 12.4 Å². The van der Waals surface area contributed by atoms with Gasteiger partial charge in [0.1, 0.15) is 29.7 Å². The van der Waals surface area contributed by atoms with Crippen molar-refractivity contribution >= 4 is 0 Å². The van der Waals surface area contributed by atoms with Crippen molar-refractivity contribution in [2.24, 2.45) is 0 Å². The maximum atomic E-state index is 12.7. The Morgan fingerprint density at radius 2 is 2.00 bits per heavy atom. The Kier molecular flexibility index (Phi) is 4.58. The van der Waals surface area contributed by atoms with E-state index in [9.17, 15) is 4.39 Å². The Hall–Kier alpha value is -1.81. The predicted octanol–water partition coefficient (Wildman–Crippen LogP) is 3.42. The minimum Gasteiger partial charge on any atom is -0.486 e. The van der Waals surface area contributed by atoms with Gasteiger partial charge < -0.3 is 14.5 Å². The lowest BCUT2D eigenvalue weighted by atomic mass is 10.2. The van der Waals surface area contributed by atoms with Crippen molar-refractivity contribution < 1.29 is 13.5 Å². The van der Waals surface area contributed by atoms with E-state index >= 15 is 0 Å². The zero-order chi connectivity index (χ0) is 13.7. The molecule has 2 aromatic rings. The van der Waals surface area contributed by atoms with Gasteiger partial charge in [-0.2, -0.15) is 0 Å². The predicted molar refractivity (Wildman–Crippen MR) is 71.6 cm³/mol. The van der Waals surface area contributed by atoms with E-state index in [1.807, 2.05) is 13.0 Å². The normalized spacial score (nSPS) is 10.7. The fourth-order valence-electron chi connectivity index (χ4n) is 1.76. The summed E-state index contributed by atoms with van der Waals surface area (Å²) in [4.78, 5) is 0. The van der Waals surface area contributed by atoms with Crippen molar-refractivity contribution in [1.29, 1.82) is 0 Å². The molecule has 4 heteroatoms. The minimum atomic E-state index is -0.269. The lowest BCUT2D eigenvalue weighted by Gasteiger charge is -2.03. The molecule has 3 nitrogen and oxygen atoms in total. The number of hydrogen-bond acceptors (Lipinski definition) is 3. The number of furan rings is 1. The van der Waals surface area contributed by atoms with Crippen LogP contribution in [0.25, 0.3) is 0 Å². The van der Waals surface area contributed by atoms with Crippen molar-refractivity contribution in [2.45, 2.75) is 27.0 Å². The van der Waals surface area contributed by atoms with Crippen molar-refractivity contribution in [1.82, 2.24) is 5.32 Å². The second kappa shape index (κ2) is 6.38. The maximum absolute atomic E-state index is 12.7. The van der Waals surface area contributed by atoms with Gasteiger partial charge in [0, 0.05) is 0 Å². The molecule has 0 amide bonds. The molecule has 1 aromatic carbocycles. The molecule has 1 N–H and O–H groups in total. The first-order valence-electron chi connectivity index (χ1n) is 6.36. The third-order valence-electron chi connectivity index (χ3n) is 2.80. The molecule has 19 heavy (non-hydrogen) atoms. The second-order valence-electron chi connectivity index (χ2n) is 4.34. The molecule has 2 rings (SSSR count). The van der Waals surface area contributed by atoms with Crippen LogP contribution in [0.5, 0.6) is 5.75 Å². The molecule has 0 atom stereocenters. The van der Waals surface area contributed by atoms with Gasteiger partial charge in [-0.1, -0.05) is 6.92 Å². The minimum absolute atomic E-state index is 0.269. The van der Waals surface area contributed by atoms with Crippen molar-refractivity contribution in [3.63, 3.8) is 0 Å². The zero-order valence-electron chi connectivity index (χ0n) is 11.2. The van der Waals surface area contributed by atoms with Crippen LogP contribution in [0.4, 0.5) is 4.39 Å². The smallest absolute Gasteiger partial charge is 0.146 e. The number of benzene rings is 1. The number of halogens is 1. The van der Waals surface area contributed by atoms with Gasteiger partial charge >= 0.3 is 0 Å². The van der Waals surface area contributed by atoms with E-state index in [4.69, 9.17) is 9.15 Å². The van der Waals surface area contributed by atoms with Crippen LogP contribution in [0, 0.1) is 12.7 Å². The average Bonchev–Trinajstić information content (AvgIpc) is 2.76. The second-order valence-corrected chi connectivity index (χ2v) is 4.34. The molecule has 0 aliphatic rings. The SMILES string of the molecule is CCNCc1oc(COc2ccc(F)cc2)cc1C. The first kappa shape index (κ1) is 13.6. The largest absolute Gasteiger partial charge is 0.486 e. The molecule has 0 spiro atoms. The number of rotatable bonds is 6. The summed E-state index contributed by atoms with van der Waals surface area (Å²) in [5, 5.41) is 3.22. The summed E-state index contributed by atoms with van der Waals surface area (Å²) in [5.41, 5.74) is 1.11. The first-order chi connectivity index (χ1) is 9.19. The molecule has 0 bridgehead atoms. The lowest BCUT2D eigenvalue weighted by molar-refractivity contribution is 0.265. The first-order valence-corrected chi connectivity index (χ1v) is 6.36. The van der Waals surface area contributed by atoms with E-state index in [1.54, 1.807) is 12.1 Å². The van der Waals surface area contributed by atoms with Crippen LogP contribution < -0.4 is 10.1 Å². The van der Waals surface area contributed by atoms with Gasteiger partial charge in [-0.3, -0.25) is 0 Å². The molecule has 0 radical (unpaired) electrons. The number of nitrogens with one attached hydrogen (secondary N) is 1. The van der Waals surface area contributed by atoms with Crippen LogP contribution in [0.2, 0.25) is 0 Å². The molecule has 1 heterocycles. The van der Waals surface area contributed by atoms with Crippen LogP contribution in [0.3, 0.4) is 0 Å². The van der Waals surface area contributed by atoms with Crippen LogP contribution in [-0.2, 0) is 13.2 Å². The Bertz CT molecular complexity index is 519. The molecule has 0 fully saturated rings. The summed E-state index contributed by atoms with van der Waals surface area (Å²) >= 11 is 0. The van der Waals surface area contributed by atoms with Crippen LogP contribution in [0.15, 0.2) is 34.7 Å². The Balaban J connectivity index is 1.94. The van der Waals surface area contributed by atoms with Crippen LogP contribution in [-0.4, -0.2) is 6.54 Å². The molecule has 0 aliphatic carbocycles. The van der Waals surface area contributed by atoms with Gasteiger partial charge in [-0.25, -0.2) is 4.39 Å². The highest BCUT2D eigenvalue weighted by Crippen LogP contribution is 2.18. The lowest BCUT2D eigenvalue weighted by Crippen LogP contribution is -2.11. The molecule has 0 saturated carbocycles. The van der Waals surface area contributed by atoms with Crippen LogP contribution >= 0.6 is 0 Å². The molecule has 0 unspecified atom stereocenters. The van der Waals surface area contributed by atoms with Gasteiger partial charge in [0.05, 0.1) is 6.54 Å². The highest BCUT2D eigenvalue weighted by Gasteiger charge is 2.07. The number of ether oxygens (including phenoxy) is 1. The highest BCUT2D eigenvalue weighted by molar-refractivity contribution is 5.23. The Labute approximate surface area is 112 Å². The molecule has 0 aliphatic heterocycles. The van der Waals surface area contributed by atoms with E-state index in [-0.39, 0.29) is 5.82 Å². The number of aryl methyl sites for hydroxylation is 1. The van der Waals surface area contributed by atoms with Gasteiger partial charge in [-0.15, -0.1) is 0 Å². The van der Waals surface area contributed by atoms with Gasteiger partial charge in [0.15, 0.2) is 0 Å². The maximum Gasteiger partial charge on any atom is 0.146 e. The molecule has 102 valence electrons. The number of hydrogen-bond donors (Lipinski definition) is 1. The van der Waals surface area contributed by atoms with Gasteiger partial charge in [0.2, 0.25) is 0 Å². The summed E-state index contributed by atoms with van der Waals surface area (Å²) in [6.07, 6.45) is 0. The highest BCUT2D eigenvalue weighted by atomic mass is 19.1. The Morgan fingerprint density at radius 3 is 2.68 bits per heavy atom. The third-order valence-corrected chi connectivity index (χ3v) is 2.80. The standard InChI is InChI=1S/C15H18FNO2/c1-3-17-9-15-11(2)8-14(19-15)10-18-13-6-4-12(16)5-7-13/h4-8,17H,3,9-10H2,1-2H3. The quantitative estimate of drug-likeness (QED) is 0.867. The van der Waals surface area contributed by atoms with E-state index in [0.717, 1.165) is 30.2 Å². The zero-order valence-corrected chi connectivity index (χ0v) is 11.2. The summed E-state index contributed by atoms with van der Waals surface area (Å²) in [6.45, 7) is 6.04. The fourth-order valence-corrected chi connectivity index (χ4v) is 1.76. The van der Waals surface area contributed by atoms with E-state index < -0.39 is 0 Å². The average molecular weight is 263 g/mol. The molecular formula is C15H18FNO2. The van der Waals surface area contributed by atoms with Crippen LogP contribution in [0.1, 0.15) is 24.0 Å². The topological polar surface area (TPSA) is 34.4 Å². The van der Waals surface area contributed by atoms with Gasteiger partial charge in [-0.05, 0) is 49.4 Å². The van der Waals surface area contributed by atoms with Crippen molar-refractivity contribution in [3.05, 3.63) is 53.2 Å². The molecular weight excluding hydrogens is 245 g/mol. The molecule has 1 aromatic heterocycles. The van der Waals surface area contributed by atoms with Gasteiger partial charge in [0.25, 0.3) is 0 Å². The van der Waals surface area contributed by atoms with Crippen molar-refractivity contribution in [2.75, 3.05) is 6.54 Å². The summed E-state index contributed by atoms with van der Waals surface area (Å²) in [7, 11) is 0. The summed E-state index contributed by atoms with van der Waals surface area (Å²) < 4.78 is 24.0. The fraction of sp³-hybridized carbons (Fsp3) is 0.333. The Morgan fingerprint density at radius 1 is 1.26 bits per heavy atom. The van der Waals surface area contributed by atoms with Crippen molar-refractivity contribution in [3.8, 4) is 5.75 Å². The monoisotopic (exact) mass is 263 g/mol. The summed E-state index contributed by atoms with van der Waals surface area (Å²) in [6, 6.07) is 7.92. The van der Waals surface area contributed by atoms with E-state index in [1.165, 1.54) is 12.1 Å².